The van der Waals surface area contributed by atoms with Crippen molar-refractivity contribution in [3.05, 3.63) is 29.8 Å². The van der Waals surface area contributed by atoms with Crippen molar-refractivity contribution in [1.29, 1.82) is 0 Å². The number of nitrogens with one attached hydrogen (secondary N) is 1. The average Bonchev–Trinajstić information content (AvgIpc) is 3.15. The number of pyridine rings is 1. The van der Waals surface area contributed by atoms with Crippen molar-refractivity contribution in [3.63, 3.8) is 0 Å². The number of hydrogen-bond acceptors (Lipinski definition) is 4. The molecule has 108 valence electrons. The van der Waals surface area contributed by atoms with Gasteiger partial charge in [0.15, 0.2) is 11.5 Å². The molecule has 1 atom stereocenters. The topological polar surface area (TPSA) is 44.8 Å². The Morgan fingerprint density at radius 1 is 1.38 bits per heavy atom. The lowest BCUT2D eigenvalue weighted by Gasteiger charge is -2.32. The number of H-pyrrole nitrogens is 1. The molecule has 1 saturated heterocycles. The van der Waals surface area contributed by atoms with Crippen molar-refractivity contribution in [2.45, 2.75) is 19.8 Å². The van der Waals surface area contributed by atoms with Gasteiger partial charge in [-0.15, -0.1) is 11.3 Å². The second-order valence-electron chi connectivity index (χ2n) is 5.78. The van der Waals surface area contributed by atoms with E-state index >= 15 is 0 Å². The third-order valence-electron chi connectivity index (χ3n) is 4.12. The summed E-state index contributed by atoms with van der Waals surface area (Å²) in [5.74, 6) is 1.67. The number of imidazole rings is 1. The zero-order valence-corrected chi connectivity index (χ0v) is 12.9. The van der Waals surface area contributed by atoms with Gasteiger partial charge in [0.2, 0.25) is 0 Å². The Hall–Kier alpha value is -1.88. The lowest BCUT2D eigenvalue weighted by molar-refractivity contribution is 0.447. The van der Waals surface area contributed by atoms with E-state index in [-0.39, 0.29) is 0 Å². The van der Waals surface area contributed by atoms with E-state index in [1.165, 1.54) is 18.5 Å². The van der Waals surface area contributed by atoms with Crippen LogP contribution in [0, 0.1) is 5.92 Å². The standard InChI is InChI=1S/C16H18N4S/c1-11-4-2-8-20(10-11)12-6-7-17-16-14(12)18-15(19-16)13-5-3-9-21-13/h3,5-7,9,11H,2,4,8,10H2,1H3,(H,17,18,19). The number of piperidine rings is 1. The van der Waals surface area contributed by atoms with Crippen LogP contribution in [0.15, 0.2) is 29.8 Å². The summed E-state index contributed by atoms with van der Waals surface area (Å²) in [6.45, 7) is 4.57. The highest BCUT2D eigenvalue weighted by Crippen LogP contribution is 2.31. The van der Waals surface area contributed by atoms with Crippen LogP contribution in [0.1, 0.15) is 19.8 Å². The van der Waals surface area contributed by atoms with Crippen LogP contribution in [0.25, 0.3) is 21.9 Å². The van der Waals surface area contributed by atoms with Crippen molar-refractivity contribution >= 4 is 28.2 Å². The fourth-order valence-corrected chi connectivity index (χ4v) is 3.77. The molecule has 0 saturated carbocycles. The Morgan fingerprint density at radius 2 is 2.33 bits per heavy atom. The first kappa shape index (κ1) is 12.8. The number of anilines is 1. The van der Waals surface area contributed by atoms with E-state index in [4.69, 9.17) is 0 Å². The summed E-state index contributed by atoms with van der Waals surface area (Å²) >= 11 is 1.70. The molecule has 1 N–H and O–H groups in total. The number of nitrogens with zero attached hydrogens (tertiary/aromatic N) is 3. The quantitative estimate of drug-likeness (QED) is 0.780. The molecule has 0 spiro atoms. The Labute approximate surface area is 127 Å². The van der Waals surface area contributed by atoms with Gasteiger partial charge in [0.05, 0.1) is 10.6 Å². The number of fused-ring (bicyclic) bond motifs is 1. The summed E-state index contributed by atoms with van der Waals surface area (Å²) in [5, 5.41) is 2.07. The highest BCUT2D eigenvalue weighted by molar-refractivity contribution is 7.13. The molecule has 5 heteroatoms. The van der Waals surface area contributed by atoms with Gasteiger partial charge in [-0.1, -0.05) is 13.0 Å². The van der Waals surface area contributed by atoms with E-state index in [0.717, 1.165) is 40.9 Å². The molecule has 21 heavy (non-hydrogen) atoms. The average molecular weight is 298 g/mol. The molecule has 3 aromatic rings. The third kappa shape index (κ3) is 2.31. The number of thiophene rings is 1. The summed E-state index contributed by atoms with van der Waals surface area (Å²) in [6, 6.07) is 6.25. The van der Waals surface area contributed by atoms with E-state index < -0.39 is 0 Å². The first-order chi connectivity index (χ1) is 10.3. The van der Waals surface area contributed by atoms with Crippen molar-refractivity contribution in [1.82, 2.24) is 15.0 Å². The molecule has 4 rings (SSSR count). The number of rotatable bonds is 2. The molecule has 4 nitrogen and oxygen atoms in total. The zero-order chi connectivity index (χ0) is 14.2. The molecule has 4 heterocycles. The summed E-state index contributed by atoms with van der Waals surface area (Å²) in [4.78, 5) is 16.2. The van der Waals surface area contributed by atoms with Crippen molar-refractivity contribution in [2.75, 3.05) is 18.0 Å². The van der Waals surface area contributed by atoms with Gasteiger partial charge in [0.25, 0.3) is 0 Å². The Balaban J connectivity index is 1.79. The molecule has 1 fully saturated rings. The molecule has 0 aromatic carbocycles. The van der Waals surface area contributed by atoms with Gasteiger partial charge in [-0.2, -0.15) is 0 Å². The Morgan fingerprint density at radius 3 is 3.14 bits per heavy atom. The minimum Gasteiger partial charge on any atom is -0.369 e. The Kier molecular flexibility index (Phi) is 3.15. The molecular weight excluding hydrogens is 280 g/mol. The van der Waals surface area contributed by atoms with E-state index in [2.05, 4.69) is 44.3 Å². The molecule has 3 aromatic heterocycles. The fourth-order valence-electron chi connectivity index (χ4n) is 3.10. The third-order valence-corrected chi connectivity index (χ3v) is 5.00. The van der Waals surface area contributed by atoms with Gasteiger partial charge >= 0.3 is 0 Å². The van der Waals surface area contributed by atoms with Gasteiger partial charge in [-0.05, 0) is 36.3 Å². The van der Waals surface area contributed by atoms with Gasteiger partial charge < -0.3 is 9.88 Å². The maximum Gasteiger partial charge on any atom is 0.180 e. The monoisotopic (exact) mass is 298 g/mol. The van der Waals surface area contributed by atoms with Crippen molar-refractivity contribution < 1.29 is 0 Å². The predicted octanol–water partition coefficient (Wildman–Crippen LogP) is 3.92. The van der Waals surface area contributed by atoms with Gasteiger partial charge in [0.1, 0.15) is 5.52 Å². The summed E-state index contributed by atoms with van der Waals surface area (Å²) in [7, 11) is 0. The van der Waals surface area contributed by atoms with Gasteiger partial charge in [-0.3, -0.25) is 0 Å². The second-order valence-corrected chi connectivity index (χ2v) is 6.73. The largest absolute Gasteiger partial charge is 0.369 e. The predicted molar refractivity (Wildman–Crippen MR) is 87.8 cm³/mol. The minimum absolute atomic E-state index is 0.752. The fraction of sp³-hybridized carbons (Fsp3) is 0.375. The molecule has 0 bridgehead atoms. The number of hydrogen-bond donors (Lipinski definition) is 1. The summed E-state index contributed by atoms with van der Waals surface area (Å²) in [6.07, 6.45) is 4.46. The summed E-state index contributed by atoms with van der Waals surface area (Å²) in [5.41, 5.74) is 3.12. The molecule has 1 unspecified atom stereocenters. The molecular formula is C16H18N4S. The van der Waals surface area contributed by atoms with Crippen LogP contribution >= 0.6 is 11.3 Å². The number of aromatic amines is 1. The highest BCUT2D eigenvalue weighted by Gasteiger charge is 2.20. The maximum atomic E-state index is 4.65. The lowest BCUT2D eigenvalue weighted by atomic mass is 10.00. The van der Waals surface area contributed by atoms with Crippen molar-refractivity contribution in [2.24, 2.45) is 5.92 Å². The van der Waals surface area contributed by atoms with E-state index in [1.807, 2.05) is 12.3 Å². The molecule has 1 aliphatic heterocycles. The minimum atomic E-state index is 0.752. The van der Waals surface area contributed by atoms with Crippen LogP contribution in [0.2, 0.25) is 0 Å². The molecule has 0 aliphatic carbocycles. The molecule has 0 amide bonds. The SMILES string of the molecule is CC1CCCN(c2ccnc3nc(-c4cccs4)[nH]c23)C1. The normalized spacial score (nSPS) is 19.3. The van der Waals surface area contributed by atoms with Crippen LogP contribution in [0.3, 0.4) is 0 Å². The van der Waals surface area contributed by atoms with Crippen molar-refractivity contribution in [3.8, 4) is 10.7 Å². The van der Waals surface area contributed by atoms with Crippen LogP contribution in [-0.2, 0) is 0 Å². The van der Waals surface area contributed by atoms with E-state index in [9.17, 15) is 0 Å². The first-order valence-electron chi connectivity index (χ1n) is 7.45. The zero-order valence-electron chi connectivity index (χ0n) is 12.0. The Bertz CT molecular complexity index is 747. The van der Waals surface area contributed by atoms with E-state index in [1.54, 1.807) is 11.3 Å². The highest BCUT2D eigenvalue weighted by atomic mass is 32.1. The number of aromatic nitrogens is 3. The molecule has 0 radical (unpaired) electrons. The lowest BCUT2D eigenvalue weighted by Crippen LogP contribution is -2.34. The van der Waals surface area contributed by atoms with Crippen LogP contribution in [0.4, 0.5) is 5.69 Å². The van der Waals surface area contributed by atoms with Gasteiger partial charge in [0, 0.05) is 19.3 Å². The van der Waals surface area contributed by atoms with E-state index in [0.29, 0.717) is 0 Å². The van der Waals surface area contributed by atoms with Crippen LogP contribution in [0.5, 0.6) is 0 Å². The van der Waals surface area contributed by atoms with Gasteiger partial charge in [-0.25, -0.2) is 9.97 Å². The second kappa shape index (κ2) is 5.15. The van der Waals surface area contributed by atoms with Crippen LogP contribution in [-0.4, -0.2) is 28.0 Å². The first-order valence-corrected chi connectivity index (χ1v) is 8.33. The smallest absolute Gasteiger partial charge is 0.180 e. The molecule has 1 aliphatic rings. The maximum absolute atomic E-state index is 4.65. The van der Waals surface area contributed by atoms with Crippen LogP contribution < -0.4 is 4.90 Å². The summed E-state index contributed by atoms with van der Waals surface area (Å²) < 4.78 is 0.